The zero-order chi connectivity index (χ0) is 19.5. The molecule has 1 aromatic rings. The third-order valence-corrected chi connectivity index (χ3v) is 5.87. The Hall–Kier alpha value is -1.86. The van der Waals surface area contributed by atoms with E-state index >= 15 is 0 Å². The van der Waals surface area contributed by atoms with Crippen LogP contribution in [0.15, 0.2) is 35.7 Å². The molecule has 0 bridgehead atoms. The maximum absolute atomic E-state index is 13.2. The maximum atomic E-state index is 13.2. The van der Waals surface area contributed by atoms with Crippen LogP contribution in [0.3, 0.4) is 0 Å². The summed E-state index contributed by atoms with van der Waals surface area (Å²) in [6.45, 7) is 11.2. The highest BCUT2D eigenvalue weighted by molar-refractivity contribution is 7.89. The molecule has 1 fully saturated rings. The van der Waals surface area contributed by atoms with E-state index in [9.17, 15) is 13.2 Å². The molecule has 0 N–H and O–H groups in total. The monoisotopic (exact) mass is 381 g/mol. The third kappa shape index (κ3) is 4.65. The maximum Gasteiger partial charge on any atom is 0.324 e. The molecule has 0 amide bonds. The molecule has 1 aliphatic rings. The van der Waals surface area contributed by atoms with Crippen molar-refractivity contribution in [3.8, 4) is 5.75 Å². The Bertz CT molecular complexity index is 780. The Morgan fingerprint density at radius 2 is 2.08 bits per heavy atom. The first-order valence-electron chi connectivity index (χ1n) is 8.65. The van der Waals surface area contributed by atoms with Gasteiger partial charge in [0, 0.05) is 6.54 Å². The quantitative estimate of drug-likeness (QED) is 0.559. The molecule has 0 spiro atoms. The molecular weight excluding hydrogens is 354 g/mol. The molecule has 1 saturated heterocycles. The lowest BCUT2D eigenvalue weighted by Crippen LogP contribution is -2.43. The average Bonchev–Trinajstić information content (AvgIpc) is 3.01. The molecule has 7 heteroatoms. The Kier molecular flexibility index (Phi) is 6.13. The van der Waals surface area contributed by atoms with Crippen LogP contribution in [0.4, 0.5) is 0 Å². The minimum Gasteiger partial charge on any atom is -0.488 e. The lowest BCUT2D eigenvalue weighted by atomic mass is 10.2. The van der Waals surface area contributed by atoms with Gasteiger partial charge >= 0.3 is 5.97 Å². The van der Waals surface area contributed by atoms with Gasteiger partial charge in [-0.2, -0.15) is 4.31 Å². The number of hydrogen-bond acceptors (Lipinski definition) is 5. The Balaban J connectivity index is 2.37. The van der Waals surface area contributed by atoms with Crippen LogP contribution >= 0.6 is 0 Å². The summed E-state index contributed by atoms with van der Waals surface area (Å²) < 4.78 is 38.6. The van der Waals surface area contributed by atoms with Crippen LogP contribution in [-0.2, 0) is 19.6 Å². The summed E-state index contributed by atoms with van der Waals surface area (Å²) in [6, 6.07) is 4.10. The second-order valence-corrected chi connectivity index (χ2v) is 9.22. The Labute approximate surface area is 155 Å². The van der Waals surface area contributed by atoms with Crippen LogP contribution in [0, 0.1) is 6.92 Å². The van der Waals surface area contributed by atoms with Gasteiger partial charge in [0.25, 0.3) is 0 Å². The number of carbonyl (C=O) groups excluding carboxylic acids is 1. The minimum absolute atomic E-state index is 0.0559. The molecule has 144 valence electrons. The Morgan fingerprint density at radius 3 is 2.69 bits per heavy atom. The van der Waals surface area contributed by atoms with Gasteiger partial charge in [0.1, 0.15) is 28.9 Å². The highest BCUT2D eigenvalue weighted by Gasteiger charge is 2.42. The molecule has 6 nitrogen and oxygen atoms in total. The number of hydrogen-bond donors (Lipinski definition) is 0. The number of benzene rings is 1. The molecular formula is C19H27NO5S. The van der Waals surface area contributed by atoms with Crippen molar-refractivity contribution < 1.29 is 22.7 Å². The van der Waals surface area contributed by atoms with E-state index in [2.05, 4.69) is 6.58 Å². The minimum atomic E-state index is -3.89. The largest absolute Gasteiger partial charge is 0.488 e. The lowest BCUT2D eigenvalue weighted by molar-refractivity contribution is -0.158. The van der Waals surface area contributed by atoms with E-state index in [1.54, 1.807) is 39.0 Å². The summed E-state index contributed by atoms with van der Waals surface area (Å²) in [5.41, 5.74) is 0.213. The van der Waals surface area contributed by atoms with Crippen molar-refractivity contribution in [1.29, 1.82) is 0 Å². The van der Waals surface area contributed by atoms with E-state index in [1.165, 1.54) is 10.4 Å². The van der Waals surface area contributed by atoms with Crippen LogP contribution in [-0.4, -0.2) is 43.5 Å². The molecule has 0 aromatic heterocycles. The first-order valence-corrected chi connectivity index (χ1v) is 10.1. The fourth-order valence-electron chi connectivity index (χ4n) is 2.85. The van der Waals surface area contributed by atoms with Crippen LogP contribution in [0.25, 0.3) is 0 Å². The number of sulfonamides is 1. The molecule has 1 aromatic carbocycles. The van der Waals surface area contributed by atoms with E-state index in [1.807, 2.05) is 6.92 Å². The summed E-state index contributed by atoms with van der Waals surface area (Å²) in [5, 5.41) is 0. The summed E-state index contributed by atoms with van der Waals surface area (Å²) >= 11 is 0. The smallest absolute Gasteiger partial charge is 0.324 e. The van der Waals surface area contributed by atoms with Crippen molar-refractivity contribution in [3.63, 3.8) is 0 Å². The molecule has 26 heavy (non-hydrogen) atoms. The summed E-state index contributed by atoms with van der Waals surface area (Å²) in [5.74, 6) is -0.251. The summed E-state index contributed by atoms with van der Waals surface area (Å²) in [4.78, 5) is 12.5. The van der Waals surface area contributed by atoms with E-state index in [0.29, 0.717) is 12.8 Å². The normalized spacial score (nSPS) is 18.5. The van der Waals surface area contributed by atoms with Crippen molar-refractivity contribution in [2.45, 2.75) is 57.1 Å². The highest BCUT2D eigenvalue weighted by Crippen LogP contribution is 2.33. The second kappa shape index (κ2) is 7.80. The van der Waals surface area contributed by atoms with Crippen molar-refractivity contribution in [1.82, 2.24) is 4.31 Å². The van der Waals surface area contributed by atoms with Gasteiger partial charge in [-0.05, 0) is 58.2 Å². The zero-order valence-electron chi connectivity index (χ0n) is 15.8. The van der Waals surface area contributed by atoms with Crippen LogP contribution < -0.4 is 4.74 Å². The molecule has 1 aliphatic heterocycles. The van der Waals surface area contributed by atoms with Gasteiger partial charge in [-0.1, -0.05) is 18.7 Å². The van der Waals surface area contributed by atoms with Crippen LogP contribution in [0.5, 0.6) is 5.75 Å². The lowest BCUT2D eigenvalue weighted by Gasteiger charge is -2.27. The summed E-state index contributed by atoms with van der Waals surface area (Å²) in [6.07, 6.45) is 2.61. The molecule has 0 aliphatic carbocycles. The number of carbonyl (C=O) groups is 1. The van der Waals surface area contributed by atoms with Gasteiger partial charge in [-0.15, -0.1) is 0 Å². The molecule has 1 atom stereocenters. The number of rotatable bonds is 6. The topological polar surface area (TPSA) is 72.9 Å². The zero-order valence-corrected chi connectivity index (χ0v) is 16.6. The number of ether oxygens (including phenoxy) is 2. The van der Waals surface area contributed by atoms with Gasteiger partial charge in [0.15, 0.2) is 0 Å². The van der Waals surface area contributed by atoms with Gasteiger partial charge in [0.05, 0.1) is 0 Å². The van der Waals surface area contributed by atoms with Crippen molar-refractivity contribution in [2.24, 2.45) is 0 Å². The fourth-order valence-corrected chi connectivity index (χ4v) is 4.61. The van der Waals surface area contributed by atoms with Crippen molar-refractivity contribution >= 4 is 16.0 Å². The van der Waals surface area contributed by atoms with Gasteiger partial charge in [0.2, 0.25) is 10.0 Å². The van der Waals surface area contributed by atoms with Gasteiger partial charge in [-0.25, -0.2) is 8.42 Å². The first-order chi connectivity index (χ1) is 12.1. The molecule has 2 rings (SSSR count). The average molecular weight is 381 g/mol. The predicted octanol–water partition coefficient (Wildman–Crippen LogP) is 3.05. The van der Waals surface area contributed by atoms with E-state index in [-0.39, 0.29) is 23.8 Å². The van der Waals surface area contributed by atoms with Gasteiger partial charge < -0.3 is 9.47 Å². The number of nitrogens with zero attached hydrogens (tertiary/aromatic N) is 1. The number of esters is 1. The highest BCUT2D eigenvalue weighted by atomic mass is 32.2. The van der Waals surface area contributed by atoms with E-state index in [4.69, 9.17) is 9.47 Å². The molecule has 0 radical (unpaired) electrons. The Morgan fingerprint density at radius 1 is 1.38 bits per heavy atom. The SMILES string of the molecule is C=CCOc1cc(C)ccc1S(=O)(=O)N1CCC[C@H]1C(=O)OC(C)(C)C. The van der Waals surface area contributed by atoms with Crippen LogP contribution in [0.1, 0.15) is 39.2 Å². The summed E-state index contributed by atoms with van der Waals surface area (Å²) in [7, 11) is -3.89. The third-order valence-electron chi connectivity index (χ3n) is 3.93. The molecule has 0 unspecified atom stereocenters. The van der Waals surface area contributed by atoms with Gasteiger partial charge in [-0.3, -0.25) is 4.79 Å². The predicted molar refractivity (Wildman–Crippen MR) is 99.6 cm³/mol. The van der Waals surface area contributed by atoms with E-state index in [0.717, 1.165) is 5.56 Å². The molecule has 1 heterocycles. The van der Waals surface area contributed by atoms with Crippen molar-refractivity contribution in [2.75, 3.05) is 13.2 Å². The van der Waals surface area contributed by atoms with E-state index < -0.39 is 27.6 Å². The second-order valence-electron chi connectivity index (χ2n) is 7.36. The first kappa shape index (κ1) is 20.5. The van der Waals surface area contributed by atoms with Crippen molar-refractivity contribution in [3.05, 3.63) is 36.4 Å². The standard InChI is InChI=1S/C19H27NO5S/c1-6-12-24-16-13-14(2)9-10-17(16)26(22,23)20-11-7-8-15(20)18(21)25-19(3,4)5/h6,9-10,13,15H,1,7-8,11-12H2,2-5H3/t15-/m0/s1. The van der Waals surface area contributed by atoms with Crippen LogP contribution in [0.2, 0.25) is 0 Å². The number of aryl methyl sites for hydroxylation is 1. The molecule has 0 saturated carbocycles. The fraction of sp³-hybridized carbons (Fsp3) is 0.526.